The standard InChI is InChI=1S/2C17H14P.2C5H5.2Fe/c2*1-3-9-15(10-4-1)18(17-13-7-8-14-17)16-11-5-2-6-12-16;2*1-2-4-5-3-1;;/h2*1-14H;2*1-5H;;/q4*-1;2*+2. The Morgan fingerprint density at radius 1 is 0.271 bits per heavy atom. The fraction of sp³-hybridized carbons (Fsp3) is 0. The summed E-state index contributed by atoms with van der Waals surface area (Å²) in [5.74, 6) is 0. The first-order valence-electron chi connectivity index (χ1n) is 15.5. The number of rotatable bonds is 6. The zero-order chi connectivity index (χ0) is 31.5. The molecular formula is C44H38Fe2P2. The molecule has 0 bridgehead atoms. The van der Waals surface area contributed by atoms with Crippen LogP contribution < -0.4 is 31.8 Å². The summed E-state index contributed by atoms with van der Waals surface area (Å²) in [6.45, 7) is 0. The van der Waals surface area contributed by atoms with E-state index in [1.165, 1.54) is 31.8 Å². The Hall–Kier alpha value is -3.82. The van der Waals surface area contributed by atoms with Crippen molar-refractivity contribution < 1.29 is 34.1 Å². The second-order valence-electron chi connectivity index (χ2n) is 10.2. The van der Waals surface area contributed by atoms with Gasteiger partial charge in [-0.1, -0.05) is 121 Å². The molecule has 0 aliphatic rings. The predicted octanol–water partition coefficient (Wildman–Crippen LogP) is 9.13. The molecule has 0 amide bonds. The first kappa shape index (κ1) is 38.6. The molecule has 8 aromatic rings. The Labute approximate surface area is 310 Å². The molecule has 0 fully saturated rings. The summed E-state index contributed by atoms with van der Waals surface area (Å²) in [5.41, 5.74) is 0. The molecule has 0 saturated carbocycles. The van der Waals surface area contributed by atoms with Crippen LogP contribution in [-0.4, -0.2) is 0 Å². The van der Waals surface area contributed by atoms with E-state index in [2.05, 4.69) is 170 Å². The minimum Gasteiger partial charge on any atom is -0.214 e. The first-order valence-corrected chi connectivity index (χ1v) is 18.2. The normalized spacial score (nSPS) is 9.71. The van der Waals surface area contributed by atoms with Crippen LogP contribution in [0.25, 0.3) is 0 Å². The summed E-state index contributed by atoms with van der Waals surface area (Å²) in [7, 11) is -0.818. The molecule has 0 heterocycles. The Morgan fingerprint density at radius 3 is 0.729 bits per heavy atom. The molecule has 8 rings (SSSR count). The van der Waals surface area contributed by atoms with Crippen LogP contribution in [0.15, 0.2) is 231 Å². The maximum absolute atomic E-state index is 2.23. The van der Waals surface area contributed by atoms with Gasteiger partial charge in [-0.3, -0.25) is 0 Å². The third kappa shape index (κ3) is 12.3. The molecule has 0 atom stereocenters. The molecule has 4 heteroatoms. The van der Waals surface area contributed by atoms with E-state index in [0.717, 1.165) is 0 Å². The van der Waals surface area contributed by atoms with E-state index >= 15 is 0 Å². The molecule has 0 saturated heterocycles. The van der Waals surface area contributed by atoms with Crippen molar-refractivity contribution in [2.45, 2.75) is 0 Å². The van der Waals surface area contributed by atoms with Gasteiger partial charge in [-0.25, -0.2) is 48.5 Å². The predicted molar refractivity (Wildman–Crippen MR) is 206 cm³/mol. The van der Waals surface area contributed by atoms with Crippen LogP contribution in [0.4, 0.5) is 0 Å². The van der Waals surface area contributed by atoms with Gasteiger partial charge in [0.15, 0.2) is 0 Å². The van der Waals surface area contributed by atoms with Crippen LogP contribution in [-0.2, 0) is 34.1 Å². The van der Waals surface area contributed by atoms with E-state index < -0.39 is 15.8 Å². The van der Waals surface area contributed by atoms with Crippen molar-refractivity contribution in [1.29, 1.82) is 0 Å². The van der Waals surface area contributed by atoms with Crippen molar-refractivity contribution in [3.05, 3.63) is 231 Å². The van der Waals surface area contributed by atoms with Gasteiger partial charge in [0.2, 0.25) is 0 Å². The van der Waals surface area contributed by atoms with E-state index in [1.807, 2.05) is 60.7 Å². The summed E-state index contributed by atoms with van der Waals surface area (Å²) in [6, 6.07) is 80.5. The Morgan fingerprint density at radius 2 is 0.542 bits per heavy atom. The molecule has 48 heavy (non-hydrogen) atoms. The summed E-state index contributed by atoms with van der Waals surface area (Å²) >= 11 is 0. The zero-order valence-corrected chi connectivity index (χ0v) is 30.5. The summed E-state index contributed by atoms with van der Waals surface area (Å²) < 4.78 is 0. The molecule has 0 aliphatic carbocycles. The SMILES string of the molecule is [Fe+2].[Fe+2].c1cc[cH-]c1.c1cc[cH-]c1.c1ccc(P(c2ccccc2)c2ccc[cH-]2)cc1.c1ccc(P(c2ccccc2)c2ccc[cH-]2)cc1. The monoisotopic (exact) mass is 740 g/mol. The minimum atomic E-state index is -0.409. The molecule has 0 aromatic heterocycles. The van der Waals surface area contributed by atoms with E-state index in [4.69, 9.17) is 0 Å². The molecule has 0 nitrogen and oxygen atoms in total. The fourth-order valence-corrected chi connectivity index (χ4v) is 9.48. The quantitative estimate of drug-likeness (QED) is 0.0907. The van der Waals surface area contributed by atoms with Gasteiger partial charge < -0.3 is 0 Å². The van der Waals surface area contributed by atoms with Gasteiger partial charge in [-0.2, -0.15) is 60.7 Å². The van der Waals surface area contributed by atoms with E-state index in [-0.39, 0.29) is 34.1 Å². The molecule has 0 N–H and O–H groups in total. The third-order valence-electron chi connectivity index (χ3n) is 6.98. The molecule has 0 spiro atoms. The average Bonchev–Trinajstić information content (AvgIpc) is 3.98. The summed E-state index contributed by atoms with van der Waals surface area (Å²) in [4.78, 5) is 0. The molecule has 0 aliphatic heterocycles. The van der Waals surface area contributed by atoms with Gasteiger partial charge in [0.05, 0.1) is 0 Å². The van der Waals surface area contributed by atoms with Crippen molar-refractivity contribution in [3.8, 4) is 0 Å². The van der Waals surface area contributed by atoms with Crippen LogP contribution >= 0.6 is 15.8 Å². The van der Waals surface area contributed by atoms with Crippen LogP contribution in [0.2, 0.25) is 0 Å². The van der Waals surface area contributed by atoms with Crippen molar-refractivity contribution in [1.82, 2.24) is 0 Å². The number of hydrogen-bond donors (Lipinski definition) is 0. The summed E-state index contributed by atoms with van der Waals surface area (Å²) in [6.07, 6.45) is 0. The molecule has 0 unspecified atom stereocenters. The van der Waals surface area contributed by atoms with Crippen molar-refractivity contribution in [2.75, 3.05) is 0 Å². The minimum absolute atomic E-state index is 0. The first-order chi connectivity index (χ1) is 22.9. The smallest absolute Gasteiger partial charge is 0.214 e. The molecule has 8 aromatic carbocycles. The zero-order valence-electron chi connectivity index (χ0n) is 26.5. The second kappa shape index (κ2) is 22.7. The van der Waals surface area contributed by atoms with Gasteiger partial charge in [0.1, 0.15) is 0 Å². The fourth-order valence-electron chi connectivity index (χ4n) is 4.87. The molecular weight excluding hydrogens is 702 g/mol. The van der Waals surface area contributed by atoms with Crippen LogP contribution in [0, 0.1) is 0 Å². The van der Waals surface area contributed by atoms with Gasteiger partial charge in [0, 0.05) is 0 Å². The van der Waals surface area contributed by atoms with Gasteiger partial charge in [-0.05, 0) is 37.1 Å². The van der Waals surface area contributed by atoms with E-state index in [0.29, 0.717) is 0 Å². The van der Waals surface area contributed by atoms with Crippen LogP contribution in [0.3, 0.4) is 0 Å². The molecule has 0 radical (unpaired) electrons. The summed E-state index contributed by atoms with van der Waals surface area (Å²) in [5, 5.41) is 8.47. The third-order valence-corrected chi connectivity index (χ3v) is 11.9. The van der Waals surface area contributed by atoms with Gasteiger partial charge in [0.25, 0.3) is 0 Å². The molecule has 240 valence electrons. The van der Waals surface area contributed by atoms with Crippen molar-refractivity contribution in [3.63, 3.8) is 0 Å². The average molecular weight is 740 g/mol. The van der Waals surface area contributed by atoms with Gasteiger partial charge >= 0.3 is 34.1 Å². The topological polar surface area (TPSA) is 0 Å². The van der Waals surface area contributed by atoms with Crippen LogP contribution in [0.5, 0.6) is 0 Å². The Balaban J connectivity index is 0.000000196. The van der Waals surface area contributed by atoms with Crippen molar-refractivity contribution >= 4 is 47.7 Å². The largest absolute Gasteiger partial charge is 2.00 e. The van der Waals surface area contributed by atoms with Crippen molar-refractivity contribution in [2.24, 2.45) is 0 Å². The Kier molecular flexibility index (Phi) is 18.3. The van der Waals surface area contributed by atoms with E-state index in [9.17, 15) is 0 Å². The maximum Gasteiger partial charge on any atom is 2.00 e. The van der Waals surface area contributed by atoms with Crippen LogP contribution in [0.1, 0.15) is 0 Å². The van der Waals surface area contributed by atoms with E-state index in [1.54, 1.807) is 0 Å². The van der Waals surface area contributed by atoms with Gasteiger partial charge in [-0.15, -0.1) is 10.6 Å². The number of benzene rings is 4. The maximum atomic E-state index is 2.23. The Bertz CT molecular complexity index is 1550. The second-order valence-corrected chi connectivity index (χ2v) is 14.7. The number of hydrogen-bond acceptors (Lipinski definition) is 0.